The molecule has 2 N–H and O–H groups in total. The molecule has 2 aromatic heterocycles. The number of thiophene rings is 1. The van der Waals surface area contributed by atoms with Gasteiger partial charge in [0.05, 0.1) is 18.2 Å². The first-order chi connectivity index (χ1) is 12.0. The summed E-state index contributed by atoms with van der Waals surface area (Å²) in [5, 5.41) is 10.4. The highest BCUT2D eigenvalue weighted by Crippen LogP contribution is 2.26. The van der Waals surface area contributed by atoms with Crippen LogP contribution in [0.1, 0.15) is 36.9 Å². The van der Waals surface area contributed by atoms with Crippen molar-refractivity contribution in [2.45, 2.75) is 32.7 Å². The summed E-state index contributed by atoms with van der Waals surface area (Å²) < 4.78 is 0. The van der Waals surface area contributed by atoms with Gasteiger partial charge >= 0.3 is 6.03 Å². The van der Waals surface area contributed by atoms with Gasteiger partial charge in [-0.2, -0.15) is 0 Å². The molecule has 1 atom stereocenters. The standard InChI is InChI=1S/C17H22N4O2S2/c1-11(2)15(13-5-3-8-24-13)20-14(22)9-12-10-25-17(19-12)21-7-4-6-18-16(21)23/h3,5,8,10-11,15H,4,6-7,9H2,1-2H3,(H,18,23)(H,20,22)/t15-/m1/s1. The maximum Gasteiger partial charge on any atom is 0.323 e. The zero-order valence-corrected chi connectivity index (χ0v) is 16.0. The van der Waals surface area contributed by atoms with Gasteiger partial charge in [0.1, 0.15) is 0 Å². The molecule has 3 rings (SSSR count). The molecule has 8 heteroatoms. The lowest BCUT2D eigenvalue weighted by Gasteiger charge is -2.24. The van der Waals surface area contributed by atoms with Crippen LogP contribution in [0.5, 0.6) is 0 Å². The van der Waals surface area contributed by atoms with Crippen LogP contribution >= 0.6 is 22.7 Å². The van der Waals surface area contributed by atoms with Crippen molar-refractivity contribution in [2.24, 2.45) is 5.92 Å². The van der Waals surface area contributed by atoms with Crippen LogP contribution in [0, 0.1) is 5.92 Å². The molecule has 134 valence electrons. The number of hydrogen-bond acceptors (Lipinski definition) is 5. The lowest BCUT2D eigenvalue weighted by molar-refractivity contribution is -0.121. The highest BCUT2D eigenvalue weighted by Gasteiger charge is 2.23. The van der Waals surface area contributed by atoms with Crippen molar-refractivity contribution in [3.05, 3.63) is 33.5 Å². The molecule has 1 saturated heterocycles. The quantitative estimate of drug-likeness (QED) is 0.811. The van der Waals surface area contributed by atoms with E-state index in [0.29, 0.717) is 29.8 Å². The van der Waals surface area contributed by atoms with Gasteiger partial charge in [0.2, 0.25) is 5.91 Å². The number of hydrogen-bond donors (Lipinski definition) is 2. The van der Waals surface area contributed by atoms with Crippen LogP contribution in [0.25, 0.3) is 0 Å². The summed E-state index contributed by atoms with van der Waals surface area (Å²) in [6.07, 6.45) is 1.12. The summed E-state index contributed by atoms with van der Waals surface area (Å²) >= 11 is 3.05. The third-order valence-corrected chi connectivity index (χ3v) is 5.89. The average Bonchev–Trinajstić information content (AvgIpc) is 3.24. The van der Waals surface area contributed by atoms with Crippen molar-refractivity contribution in [3.8, 4) is 0 Å². The molecule has 1 aliphatic heterocycles. The molecule has 0 saturated carbocycles. The Morgan fingerprint density at radius 3 is 2.96 bits per heavy atom. The Balaban J connectivity index is 1.62. The van der Waals surface area contributed by atoms with Gasteiger partial charge in [-0.05, 0) is 23.8 Å². The van der Waals surface area contributed by atoms with E-state index in [4.69, 9.17) is 0 Å². The number of aromatic nitrogens is 1. The maximum absolute atomic E-state index is 12.4. The summed E-state index contributed by atoms with van der Waals surface area (Å²) in [4.78, 5) is 31.6. The number of carbonyl (C=O) groups excluding carboxylic acids is 2. The molecule has 25 heavy (non-hydrogen) atoms. The first-order valence-electron chi connectivity index (χ1n) is 8.37. The van der Waals surface area contributed by atoms with E-state index >= 15 is 0 Å². The zero-order valence-electron chi connectivity index (χ0n) is 14.3. The molecular weight excluding hydrogens is 356 g/mol. The fourth-order valence-corrected chi connectivity index (χ4v) is 4.53. The minimum Gasteiger partial charge on any atom is -0.348 e. The highest BCUT2D eigenvalue weighted by molar-refractivity contribution is 7.14. The van der Waals surface area contributed by atoms with Gasteiger partial charge in [-0.15, -0.1) is 22.7 Å². The molecule has 0 aromatic carbocycles. The molecule has 0 bridgehead atoms. The SMILES string of the molecule is CC(C)[C@@H](NC(=O)Cc1csc(N2CCCNC2=O)n1)c1cccs1. The van der Waals surface area contributed by atoms with Crippen LogP contribution in [0.2, 0.25) is 0 Å². The average molecular weight is 379 g/mol. The van der Waals surface area contributed by atoms with Crippen molar-refractivity contribution in [3.63, 3.8) is 0 Å². The summed E-state index contributed by atoms with van der Waals surface area (Å²) in [5.74, 6) is 0.262. The number of carbonyl (C=O) groups is 2. The number of nitrogens with zero attached hydrogens (tertiary/aromatic N) is 2. The monoisotopic (exact) mass is 378 g/mol. The van der Waals surface area contributed by atoms with E-state index in [1.54, 1.807) is 16.2 Å². The Kier molecular flexibility index (Phi) is 5.70. The van der Waals surface area contributed by atoms with E-state index in [2.05, 4.69) is 29.5 Å². The van der Waals surface area contributed by atoms with Gasteiger partial charge in [-0.25, -0.2) is 9.78 Å². The van der Waals surface area contributed by atoms with Crippen molar-refractivity contribution >= 4 is 39.7 Å². The van der Waals surface area contributed by atoms with Crippen molar-refractivity contribution in [1.29, 1.82) is 0 Å². The Bertz CT molecular complexity index is 727. The lowest BCUT2D eigenvalue weighted by Crippen LogP contribution is -2.46. The molecule has 3 heterocycles. The third-order valence-electron chi connectivity index (χ3n) is 4.02. The number of urea groups is 1. The first-order valence-corrected chi connectivity index (χ1v) is 10.1. The minimum absolute atomic E-state index is 0.0125. The Morgan fingerprint density at radius 1 is 1.44 bits per heavy atom. The highest BCUT2D eigenvalue weighted by atomic mass is 32.1. The first kappa shape index (κ1) is 17.9. The molecular formula is C17H22N4O2S2. The third kappa shape index (κ3) is 4.38. The Morgan fingerprint density at radius 2 is 2.28 bits per heavy atom. The molecule has 0 aliphatic carbocycles. The molecule has 3 amide bonds. The van der Waals surface area contributed by atoms with E-state index < -0.39 is 0 Å². The molecule has 0 unspecified atom stereocenters. The second kappa shape index (κ2) is 7.97. The van der Waals surface area contributed by atoms with Gasteiger partial charge < -0.3 is 10.6 Å². The van der Waals surface area contributed by atoms with Gasteiger partial charge in [-0.1, -0.05) is 19.9 Å². The number of amides is 3. The number of anilines is 1. The number of thiazole rings is 1. The van der Waals surface area contributed by atoms with E-state index in [-0.39, 0.29) is 24.4 Å². The fraction of sp³-hybridized carbons (Fsp3) is 0.471. The summed E-state index contributed by atoms with van der Waals surface area (Å²) in [5.41, 5.74) is 0.699. The summed E-state index contributed by atoms with van der Waals surface area (Å²) in [6.45, 7) is 5.56. The van der Waals surface area contributed by atoms with E-state index in [1.165, 1.54) is 11.3 Å². The number of nitrogens with one attached hydrogen (secondary N) is 2. The Hall–Kier alpha value is -1.93. The van der Waals surface area contributed by atoms with E-state index in [9.17, 15) is 9.59 Å². The molecule has 0 radical (unpaired) electrons. The summed E-state index contributed by atoms with van der Waals surface area (Å²) in [6, 6.07) is 3.94. The van der Waals surface area contributed by atoms with Crippen LogP contribution in [-0.4, -0.2) is 30.0 Å². The maximum atomic E-state index is 12.4. The lowest BCUT2D eigenvalue weighted by atomic mass is 10.0. The van der Waals surface area contributed by atoms with Crippen molar-refractivity contribution in [1.82, 2.24) is 15.6 Å². The molecule has 0 spiro atoms. The molecule has 2 aromatic rings. The minimum atomic E-state index is -0.117. The molecule has 1 fully saturated rings. The van der Waals surface area contributed by atoms with E-state index in [0.717, 1.165) is 11.3 Å². The predicted octanol–water partition coefficient (Wildman–Crippen LogP) is 3.18. The smallest absolute Gasteiger partial charge is 0.323 e. The van der Waals surface area contributed by atoms with E-state index in [1.807, 2.05) is 22.9 Å². The normalized spacial score (nSPS) is 16.0. The van der Waals surface area contributed by atoms with Crippen LogP contribution in [0.15, 0.2) is 22.9 Å². The van der Waals surface area contributed by atoms with Crippen molar-refractivity contribution in [2.75, 3.05) is 18.0 Å². The van der Waals surface area contributed by atoms with Gasteiger partial charge in [-0.3, -0.25) is 9.69 Å². The van der Waals surface area contributed by atoms with Crippen LogP contribution in [0.3, 0.4) is 0 Å². The van der Waals surface area contributed by atoms with Crippen LogP contribution < -0.4 is 15.5 Å². The van der Waals surface area contributed by atoms with Crippen molar-refractivity contribution < 1.29 is 9.59 Å². The fourth-order valence-electron chi connectivity index (χ4n) is 2.74. The van der Waals surface area contributed by atoms with Gasteiger partial charge in [0, 0.05) is 23.3 Å². The van der Waals surface area contributed by atoms with Crippen LogP contribution in [0.4, 0.5) is 9.93 Å². The Labute approximate surface area is 155 Å². The summed E-state index contributed by atoms with van der Waals surface area (Å²) in [7, 11) is 0. The molecule has 6 nitrogen and oxygen atoms in total. The van der Waals surface area contributed by atoms with Gasteiger partial charge in [0.25, 0.3) is 0 Å². The second-order valence-corrected chi connectivity index (χ2v) is 8.16. The molecule has 1 aliphatic rings. The largest absolute Gasteiger partial charge is 0.348 e. The second-order valence-electron chi connectivity index (χ2n) is 6.34. The number of rotatable bonds is 6. The zero-order chi connectivity index (χ0) is 17.8. The van der Waals surface area contributed by atoms with Crippen LogP contribution in [-0.2, 0) is 11.2 Å². The van der Waals surface area contributed by atoms with Gasteiger partial charge in [0.15, 0.2) is 5.13 Å². The topological polar surface area (TPSA) is 74.3 Å². The predicted molar refractivity (Wildman–Crippen MR) is 101 cm³/mol.